The number of anilines is 1. The highest BCUT2D eigenvalue weighted by Crippen LogP contribution is 2.25. The summed E-state index contributed by atoms with van der Waals surface area (Å²) in [5, 5.41) is 3.90. The number of hydrogen-bond acceptors (Lipinski definition) is 2. The first-order valence-corrected chi connectivity index (χ1v) is 9.10. The Morgan fingerprint density at radius 2 is 1.68 bits per heavy atom. The van der Waals surface area contributed by atoms with Gasteiger partial charge in [0.15, 0.2) is 0 Å². The van der Waals surface area contributed by atoms with Crippen molar-refractivity contribution in [3.8, 4) is 0 Å². The van der Waals surface area contributed by atoms with Crippen LogP contribution in [0.5, 0.6) is 0 Å². The number of halogens is 2. The highest BCUT2D eigenvalue weighted by Gasteiger charge is 2.14. The van der Waals surface area contributed by atoms with Crippen LogP contribution >= 0.6 is 23.2 Å². The normalized spacial score (nSPS) is 15.1. The molecule has 0 aliphatic carbocycles. The minimum atomic E-state index is -0.137. The first-order chi connectivity index (χ1) is 12.1. The molecule has 0 aromatic heterocycles. The maximum absolute atomic E-state index is 12.2. The number of ether oxygens (including phenoxy) is 1. The van der Waals surface area contributed by atoms with Gasteiger partial charge >= 0.3 is 0 Å². The smallest absolute Gasteiger partial charge is 0.228 e. The lowest BCUT2D eigenvalue weighted by atomic mass is 10.1. The fourth-order valence-electron chi connectivity index (χ4n) is 2.90. The molecule has 2 aromatic carbocycles. The maximum Gasteiger partial charge on any atom is 0.228 e. The molecule has 1 aliphatic rings. The molecule has 0 bridgehead atoms. The average molecular weight is 380 g/mol. The van der Waals surface area contributed by atoms with E-state index in [1.807, 2.05) is 12.1 Å². The van der Waals surface area contributed by atoms with Crippen LogP contribution in [-0.4, -0.2) is 32.2 Å². The summed E-state index contributed by atoms with van der Waals surface area (Å²) < 4.78 is 5.38. The third-order valence-electron chi connectivity index (χ3n) is 4.29. The third kappa shape index (κ3) is 5.19. The monoisotopic (exact) mass is 379 g/mol. The van der Waals surface area contributed by atoms with E-state index in [1.165, 1.54) is 10.5 Å². The largest absolute Gasteiger partial charge is 0.370 e. The van der Waals surface area contributed by atoms with E-state index in [2.05, 4.69) is 17.4 Å². The van der Waals surface area contributed by atoms with Gasteiger partial charge in [0, 0.05) is 21.3 Å². The fourth-order valence-corrected chi connectivity index (χ4v) is 3.43. The molecule has 1 amide bonds. The fraction of sp³-hybridized carbons (Fsp3) is 0.316. The standard InChI is InChI=1S/C19H20Cl2N2O2/c20-17-2-1-3-18(21)16(17)12-19(24)22-15-6-4-14(5-7-15)13-23-8-10-25-11-9-23/h1-7H,8-13H2,(H,22,24)/p+1. The second-order valence-corrected chi connectivity index (χ2v) is 6.98. The maximum atomic E-state index is 12.2. The van der Waals surface area contributed by atoms with Crippen molar-refractivity contribution in [2.45, 2.75) is 13.0 Å². The first kappa shape index (κ1) is 18.2. The second-order valence-electron chi connectivity index (χ2n) is 6.16. The summed E-state index contributed by atoms with van der Waals surface area (Å²) in [5.74, 6) is -0.137. The van der Waals surface area contributed by atoms with Crippen molar-refractivity contribution < 1.29 is 14.4 Å². The molecular formula is C19H21Cl2N2O2+. The molecule has 0 unspecified atom stereocenters. The van der Waals surface area contributed by atoms with Crippen LogP contribution in [0.15, 0.2) is 42.5 Å². The molecule has 2 aromatic rings. The highest BCUT2D eigenvalue weighted by molar-refractivity contribution is 6.36. The van der Waals surface area contributed by atoms with Crippen LogP contribution in [0.3, 0.4) is 0 Å². The van der Waals surface area contributed by atoms with Crippen LogP contribution in [0, 0.1) is 0 Å². The van der Waals surface area contributed by atoms with Gasteiger partial charge in [-0.25, -0.2) is 0 Å². The number of quaternary nitrogens is 1. The Bertz CT molecular complexity index is 708. The Hall–Kier alpha value is -1.59. The Balaban J connectivity index is 1.56. The SMILES string of the molecule is O=C(Cc1c(Cl)cccc1Cl)Nc1ccc(C[NH+]2CCOCC2)cc1. The molecule has 1 aliphatic heterocycles. The van der Waals surface area contributed by atoms with E-state index in [0.29, 0.717) is 15.6 Å². The number of carbonyl (C=O) groups excluding carboxylic acids is 1. The number of rotatable bonds is 5. The molecule has 2 N–H and O–H groups in total. The molecule has 3 rings (SSSR count). The Kier molecular flexibility index (Phi) is 6.32. The van der Waals surface area contributed by atoms with Gasteiger partial charge in [-0.15, -0.1) is 0 Å². The molecule has 132 valence electrons. The van der Waals surface area contributed by atoms with Crippen LogP contribution in [0.4, 0.5) is 5.69 Å². The van der Waals surface area contributed by atoms with Gasteiger partial charge in [-0.1, -0.05) is 41.4 Å². The Morgan fingerprint density at radius 3 is 2.32 bits per heavy atom. The van der Waals surface area contributed by atoms with Crippen LogP contribution in [0.2, 0.25) is 10.0 Å². The highest BCUT2D eigenvalue weighted by atomic mass is 35.5. The lowest BCUT2D eigenvalue weighted by Crippen LogP contribution is -3.12. The molecule has 0 radical (unpaired) electrons. The number of morpholine rings is 1. The molecule has 0 atom stereocenters. The molecule has 4 nitrogen and oxygen atoms in total. The van der Waals surface area contributed by atoms with Gasteiger partial charge in [0.25, 0.3) is 0 Å². The molecule has 6 heteroatoms. The lowest BCUT2D eigenvalue weighted by molar-refractivity contribution is -0.921. The second kappa shape index (κ2) is 8.68. The Morgan fingerprint density at radius 1 is 1.04 bits per heavy atom. The third-order valence-corrected chi connectivity index (χ3v) is 5.00. The van der Waals surface area contributed by atoms with Crippen molar-refractivity contribution in [2.75, 3.05) is 31.6 Å². The summed E-state index contributed by atoms with van der Waals surface area (Å²) in [4.78, 5) is 13.8. The molecule has 0 spiro atoms. The van der Waals surface area contributed by atoms with E-state index in [-0.39, 0.29) is 12.3 Å². The van der Waals surface area contributed by atoms with Gasteiger partial charge in [0.1, 0.15) is 19.6 Å². The Labute approximate surface area is 157 Å². The predicted molar refractivity (Wildman–Crippen MR) is 100 cm³/mol. The van der Waals surface area contributed by atoms with Gasteiger partial charge in [-0.2, -0.15) is 0 Å². The van der Waals surface area contributed by atoms with E-state index in [1.54, 1.807) is 18.2 Å². The zero-order chi connectivity index (χ0) is 17.6. The summed E-state index contributed by atoms with van der Waals surface area (Å²) in [7, 11) is 0. The minimum absolute atomic E-state index is 0.137. The van der Waals surface area contributed by atoms with Crippen molar-refractivity contribution in [1.29, 1.82) is 0 Å². The van der Waals surface area contributed by atoms with Crippen molar-refractivity contribution in [2.24, 2.45) is 0 Å². The van der Waals surface area contributed by atoms with Crippen molar-refractivity contribution in [3.05, 3.63) is 63.6 Å². The lowest BCUT2D eigenvalue weighted by Gasteiger charge is -2.23. The van der Waals surface area contributed by atoms with E-state index < -0.39 is 0 Å². The summed E-state index contributed by atoms with van der Waals surface area (Å²) in [6.07, 6.45) is 0.151. The van der Waals surface area contributed by atoms with Crippen LogP contribution in [-0.2, 0) is 22.5 Å². The number of hydrogen-bond donors (Lipinski definition) is 2. The van der Waals surface area contributed by atoms with Crippen LogP contribution in [0.25, 0.3) is 0 Å². The minimum Gasteiger partial charge on any atom is -0.370 e. The zero-order valence-electron chi connectivity index (χ0n) is 13.9. The average Bonchev–Trinajstić information content (AvgIpc) is 2.61. The van der Waals surface area contributed by atoms with Gasteiger partial charge in [-0.05, 0) is 29.8 Å². The summed E-state index contributed by atoms with van der Waals surface area (Å²) >= 11 is 12.2. The molecule has 1 fully saturated rings. The summed E-state index contributed by atoms with van der Waals surface area (Å²) in [6.45, 7) is 4.71. The topological polar surface area (TPSA) is 42.8 Å². The predicted octanol–water partition coefficient (Wildman–Crippen LogP) is 2.59. The number of nitrogens with one attached hydrogen (secondary N) is 2. The van der Waals surface area contributed by atoms with Crippen molar-refractivity contribution >= 4 is 34.8 Å². The zero-order valence-corrected chi connectivity index (χ0v) is 15.4. The first-order valence-electron chi connectivity index (χ1n) is 8.35. The number of benzene rings is 2. The molecule has 0 saturated carbocycles. The van der Waals surface area contributed by atoms with Gasteiger partial charge in [-0.3, -0.25) is 4.79 Å². The van der Waals surface area contributed by atoms with Gasteiger partial charge < -0.3 is 15.0 Å². The molecule has 1 saturated heterocycles. The van der Waals surface area contributed by atoms with E-state index >= 15 is 0 Å². The van der Waals surface area contributed by atoms with Crippen LogP contribution < -0.4 is 10.2 Å². The summed E-state index contributed by atoms with van der Waals surface area (Å²) in [6, 6.07) is 13.2. The number of amides is 1. The van der Waals surface area contributed by atoms with E-state index in [4.69, 9.17) is 27.9 Å². The van der Waals surface area contributed by atoms with Crippen LogP contribution in [0.1, 0.15) is 11.1 Å². The molecule has 1 heterocycles. The van der Waals surface area contributed by atoms with E-state index in [9.17, 15) is 4.79 Å². The van der Waals surface area contributed by atoms with E-state index in [0.717, 1.165) is 38.5 Å². The molecular weight excluding hydrogens is 359 g/mol. The van der Waals surface area contributed by atoms with Gasteiger partial charge in [0.05, 0.1) is 19.6 Å². The van der Waals surface area contributed by atoms with Crippen molar-refractivity contribution in [3.63, 3.8) is 0 Å². The van der Waals surface area contributed by atoms with Crippen molar-refractivity contribution in [1.82, 2.24) is 0 Å². The quantitative estimate of drug-likeness (QED) is 0.838. The number of carbonyl (C=O) groups is 1. The van der Waals surface area contributed by atoms with Gasteiger partial charge in [0.2, 0.25) is 5.91 Å². The summed E-state index contributed by atoms with van der Waals surface area (Å²) in [5.41, 5.74) is 2.67. The molecule has 25 heavy (non-hydrogen) atoms.